The first-order valence-corrected chi connectivity index (χ1v) is 11.6. The predicted octanol–water partition coefficient (Wildman–Crippen LogP) is 4.50. The minimum atomic E-state index is 0.141. The Morgan fingerprint density at radius 1 is 0.935 bits per heavy atom. The molecule has 0 N–H and O–H groups in total. The molecule has 2 saturated heterocycles. The lowest BCUT2D eigenvalue weighted by atomic mass is 9.95. The average Bonchev–Trinajstić information content (AvgIpc) is 2.84. The molecule has 5 nitrogen and oxygen atoms in total. The number of hydrogen-bond acceptors (Lipinski definition) is 4. The highest BCUT2D eigenvalue weighted by molar-refractivity contribution is 5.79. The van der Waals surface area contributed by atoms with Gasteiger partial charge in [0.05, 0.1) is 13.0 Å². The fraction of sp³-hybridized carbons (Fsp3) is 0.500. The van der Waals surface area contributed by atoms with Crippen LogP contribution in [-0.4, -0.2) is 49.0 Å². The molecule has 5 heteroatoms. The zero-order valence-corrected chi connectivity index (χ0v) is 18.6. The number of likely N-dealkylation sites (tertiary alicyclic amines) is 2. The van der Waals surface area contributed by atoms with Crippen molar-refractivity contribution in [1.29, 1.82) is 0 Å². The third-order valence-corrected chi connectivity index (χ3v) is 6.39. The summed E-state index contributed by atoms with van der Waals surface area (Å²) in [7, 11) is 1.68. The van der Waals surface area contributed by atoms with Crippen molar-refractivity contribution in [3.63, 3.8) is 0 Å². The molecule has 0 saturated carbocycles. The second-order valence-electron chi connectivity index (χ2n) is 8.72. The van der Waals surface area contributed by atoms with Crippen molar-refractivity contribution in [2.24, 2.45) is 5.92 Å². The van der Waals surface area contributed by atoms with Crippen LogP contribution >= 0.6 is 0 Å². The number of nitrogens with zero attached hydrogens (tertiary/aromatic N) is 2. The molecule has 2 aliphatic heterocycles. The summed E-state index contributed by atoms with van der Waals surface area (Å²) in [5.41, 5.74) is 2.32. The summed E-state index contributed by atoms with van der Waals surface area (Å²) in [4.78, 5) is 17.5. The first-order chi connectivity index (χ1) is 15.2. The molecule has 2 aromatic carbocycles. The van der Waals surface area contributed by atoms with Crippen molar-refractivity contribution in [2.45, 2.75) is 45.3 Å². The van der Waals surface area contributed by atoms with Crippen LogP contribution in [0.15, 0.2) is 48.5 Å². The summed E-state index contributed by atoms with van der Waals surface area (Å²) < 4.78 is 11.6. The van der Waals surface area contributed by atoms with Gasteiger partial charge in [0.15, 0.2) is 11.5 Å². The molecule has 0 spiro atoms. The number of carbonyl (C=O) groups is 1. The number of ether oxygens (including phenoxy) is 2. The molecule has 1 amide bonds. The number of carbonyl (C=O) groups excluding carboxylic acids is 1. The fourth-order valence-corrected chi connectivity index (χ4v) is 4.70. The van der Waals surface area contributed by atoms with Crippen LogP contribution in [0.1, 0.15) is 43.2 Å². The van der Waals surface area contributed by atoms with Crippen LogP contribution in [0.25, 0.3) is 0 Å². The van der Waals surface area contributed by atoms with Crippen molar-refractivity contribution in [3.8, 4) is 11.5 Å². The molecule has 2 heterocycles. The second-order valence-corrected chi connectivity index (χ2v) is 8.72. The van der Waals surface area contributed by atoms with E-state index in [-0.39, 0.29) is 5.92 Å². The third kappa shape index (κ3) is 5.79. The Morgan fingerprint density at radius 2 is 1.74 bits per heavy atom. The van der Waals surface area contributed by atoms with Gasteiger partial charge >= 0.3 is 0 Å². The molecule has 31 heavy (non-hydrogen) atoms. The van der Waals surface area contributed by atoms with E-state index >= 15 is 0 Å². The van der Waals surface area contributed by atoms with Crippen molar-refractivity contribution in [3.05, 3.63) is 59.7 Å². The number of amides is 1. The summed E-state index contributed by atoms with van der Waals surface area (Å²) >= 11 is 0. The van der Waals surface area contributed by atoms with Crippen LogP contribution in [0.4, 0.5) is 0 Å². The van der Waals surface area contributed by atoms with Gasteiger partial charge in [-0.15, -0.1) is 0 Å². The van der Waals surface area contributed by atoms with Crippen molar-refractivity contribution >= 4 is 5.91 Å². The maximum absolute atomic E-state index is 12.9. The number of piperidine rings is 2. The Hall–Kier alpha value is -2.53. The van der Waals surface area contributed by atoms with Gasteiger partial charge in [0.2, 0.25) is 5.91 Å². The van der Waals surface area contributed by atoms with Gasteiger partial charge in [-0.25, -0.2) is 0 Å². The van der Waals surface area contributed by atoms with E-state index < -0.39 is 0 Å². The standard InChI is InChI=1S/C26H34N2O3/c1-30-25-17-22(12-13-24(25)31-20-21-9-4-2-5-10-21)18-27-14-8-11-23(19-27)26(29)28-15-6-3-7-16-28/h2,4-5,9-10,12-13,17,23H,3,6-8,11,14-16,18-20H2,1H3/t23-/m1/s1. The Bertz CT molecular complexity index is 849. The van der Waals surface area contributed by atoms with Gasteiger partial charge in [-0.05, 0) is 61.9 Å². The van der Waals surface area contributed by atoms with Gasteiger partial charge in [-0.3, -0.25) is 9.69 Å². The van der Waals surface area contributed by atoms with E-state index in [1.807, 2.05) is 24.3 Å². The largest absolute Gasteiger partial charge is 0.493 e. The molecular formula is C26H34N2O3. The van der Waals surface area contributed by atoms with E-state index in [4.69, 9.17) is 9.47 Å². The SMILES string of the molecule is COc1cc(CN2CCC[C@@H](C(=O)N3CCCCC3)C2)ccc1OCc1ccccc1. The first kappa shape index (κ1) is 21.7. The normalized spacial score (nSPS) is 19.8. The Balaban J connectivity index is 1.35. The first-order valence-electron chi connectivity index (χ1n) is 11.6. The van der Waals surface area contributed by atoms with Crippen LogP contribution in [-0.2, 0) is 17.9 Å². The molecular weight excluding hydrogens is 388 g/mol. The second kappa shape index (κ2) is 10.7. The van der Waals surface area contributed by atoms with Crippen molar-refractivity contribution in [1.82, 2.24) is 9.80 Å². The molecule has 0 radical (unpaired) electrons. The van der Waals surface area contributed by atoms with E-state index in [9.17, 15) is 4.79 Å². The van der Waals surface area contributed by atoms with Crippen molar-refractivity contribution < 1.29 is 14.3 Å². The van der Waals surface area contributed by atoms with Crippen molar-refractivity contribution in [2.75, 3.05) is 33.3 Å². The summed E-state index contributed by atoms with van der Waals surface area (Å²) in [5, 5.41) is 0. The molecule has 4 rings (SSSR count). The van der Waals surface area contributed by atoms with Crippen LogP contribution in [0.3, 0.4) is 0 Å². The van der Waals surface area contributed by atoms with E-state index in [2.05, 4.69) is 34.1 Å². The molecule has 166 valence electrons. The zero-order chi connectivity index (χ0) is 21.5. The zero-order valence-electron chi connectivity index (χ0n) is 18.6. The highest BCUT2D eigenvalue weighted by Gasteiger charge is 2.29. The Morgan fingerprint density at radius 3 is 2.52 bits per heavy atom. The number of hydrogen-bond donors (Lipinski definition) is 0. The van der Waals surface area contributed by atoms with Gasteiger partial charge in [0, 0.05) is 26.2 Å². The van der Waals surface area contributed by atoms with E-state index in [1.165, 1.54) is 12.0 Å². The maximum Gasteiger partial charge on any atom is 0.226 e. The van der Waals surface area contributed by atoms with Gasteiger partial charge in [0.25, 0.3) is 0 Å². The Labute approximate surface area is 185 Å². The molecule has 2 aliphatic rings. The Kier molecular flexibility index (Phi) is 7.47. The van der Waals surface area contributed by atoms with Crippen LogP contribution in [0, 0.1) is 5.92 Å². The monoisotopic (exact) mass is 422 g/mol. The van der Waals surface area contributed by atoms with E-state index in [1.54, 1.807) is 7.11 Å². The number of methoxy groups -OCH3 is 1. The minimum Gasteiger partial charge on any atom is -0.493 e. The predicted molar refractivity (Wildman–Crippen MR) is 122 cm³/mol. The van der Waals surface area contributed by atoms with E-state index in [0.29, 0.717) is 12.5 Å². The number of benzene rings is 2. The lowest BCUT2D eigenvalue weighted by molar-refractivity contribution is -0.138. The summed E-state index contributed by atoms with van der Waals surface area (Å²) in [6, 6.07) is 16.3. The highest BCUT2D eigenvalue weighted by Crippen LogP contribution is 2.30. The third-order valence-electron chi connectivity index (χ3n) is 6.39. The summed E-state index contributed by atoms with van der Waals surface area (Å²) in [5.74, 6) is 2.02. The maximum atomic E-state index is 12.9. The van der Waals surface area contributed by atoms with Crippen LogP contribution in [0.5, 0.6) is 11.5 Å². The van der Waals surface area contributed by atoms with E-state index in [0.717, 1.165) is 75.5 Å². The molecule has 0 unspecified atom stereocenters. The smallest absolute Gasteiger partial charge is 0.226 e. The topological polar surface area (TPSA) is 42.0 Å². The molecule has 0 aliphatic carbocycles. The molecule has 1 atom stereocenters. The molecule has 2 fully saturated rings. The summed E-state index contributed by atoms with van der Waals surface area (Å²) in [6.07, 6.45) is 5.66. The minimum absolute atomic E-state index is 0.141. The van der Waals surface area contributed by atoms with Gasteiger partial charge in [0.1, 0.15) is 6.61 Å². The molecule has 2 aromatic rings. The van der Waals surface area contributed by atoms with Crippen LogP contribution < -0.4 is 9.47 Å². The fourth-order valence-electron chi connectivity index (χ4n) is 4.70. The van der Waals surface area contributed by atoms with Gasteiger partial charge in [-0.1, -0.05) is 36.4 Å². The molecule has 0 aromatic heterocycles. The highest BCUT2D eigenvalue weighted by atomic mass is 16.5. The number of rotatable bonds is 7. The molecule has 0 bridgehead atoms. The van der Waals surface area contributed by atoms with Crippen LogP contribution in [0.2, 0.25) is 0 Å². The lowest BCUT2D eigenvalue weighted by Crippen LogP contribution is -2.46. The van der Waals surface area contributed by atoms with Gasteiger partial charge in [-0.2, -0.15) is 0 Å². The summed E-state index contributed by atoms with van der Waals surface area (Å²) in [6.45, 7) is 5.12. The van der Waals surface area contributed by atoms with Gasteiger partial charge < -0.3 is 14.4 Å². The quantitative estimate of drug-likeness (QED) is 0.659. The lowest BCUT2D eigenvalue weighted by Gasteiger charge is -2.36. The average molecular weight is 423 g/mol.